The minimum atomic E-state index is -0.397. The number of hydrogen-bond donors (Lipinski definition) is 1. The van der Waals surface area contributed by atoms with Crippen LogP contribution in [0.3, 0.4) is 0 Å². The molecule has 0 aliphatic carbocycles. The second kappa shape index (κ2) is 5.13. The molecule has 2 aromatic rings. The maximum absolute atomic E-state index is 11.6. The standard InChI is InChI=1S/C12H17N5O2/c1-4-16-11(10(13)8(3)15-16)17-7-9(6-14-17)12(18)19-5-2/h6-7H,4-5,13H2,1-3H3. The van der Waals surface area contributed by atoms with Crippen molar-refractivity contribution in [1.29, 1.82) is 0 Å². The van der Waals surface area contributed by atoms with E-state index in [-0.39, 0.29) is 0 Å². The van der Waals surface area contributed by atoms with Crippen LogP contribution in [0.1, 0.15) is 29.9 Å². The Bertz CT molecular complexity index is 599. The van der Waals surface area contributed by atoms with Gasteiger partial charge in [-0.1, -0.05) is 0 Å². The first-order valence-corrected chi connectivity index (χ1v) is 6.13. The molecule has 102 valence electrons. The summed E-state index contributed by atoms with van der Waals surface area (Å²) in [4.78, 5) is 11.6. The van der Waals surface area contributed by atoms with Crippen molar-refractivity contribution in [1.82, 2.24) is 19.6 Å². The fourth-order valence-corrected chi connectivity index (χ4v) is 1.80. The molecule has 2 aromatic heterocycles. The Kier molecular flexibility index (Phi) is 3.55. The number of aromatic nitrogens is 4. The average Bonchev–Trinajstić information content (AvgIpc) is 2.96. The molecule has 0 saturated heterocycles. The van der Waals surface area contributed by atoms with Crippen molar-refractivity contribution in [2.45, 2.75) is 27.3 Å². The summed E-state index contributed by atoms with van der Waals surface area (Å²) in [7, 11) is 0. The summed E-state index contributed by atoms with van der Waals surface area (Å²) in [5, 5.41) is 8.46. The van der Waals surface area contributed by atoms with E-state index in [0.717, 1.165) is 5.69 Å². The lowest BCUT2D eigenvalue weighted by atomic mass is 10.3. The zero-order valence-electron chi connectivity index (χ0n) is 11.3. The van der Waals surface area contributed by atoms with Crippen LogP contribution in [0.15, 0.2) is 12.4 Å². The van der Waals surface area contributed by atoms with Crippen molar-refractivity contribution in [3.8, 4) is 5.82 Å². The van der Waals surface area contributed by atoms with E-state index in [2.05, 4.69) is 10.2 Å². The molecule has 0 fully saturated rings. The first-order valence-electron chi connectivity index (χ1n) is 6.13. The van der Waals surface area contributed by atoms with Crippen LogP contribution in [0, 0.1) is 6.92 Å². The topological polar surface area (TPSA) is 88.0 Å². The van der Waals surface area contributed by atoms with E-state index in [1.807, 2.05) is 13.8 Å². The van der Waals surface area contributed by atoms with Gasteiger partial charge in [0.2, 0.25) is 0 Å². The minimum Gasteiger partial charge on any atom is -0.462 e. The third-order valence-electron chi connectivity index (χ3n) is 2.76. The third-order valence-corrected chi connectivity index (χ3v) is 2.76. The number of hydrogen-bond acceptors (Lipinski definition) is 5. The van der Waals surface area contributed by atoms with Crippen molar-refractivity contribution in [2.75, 3.05) is 12.3 Å². The highest BCUT2D eigenvalue weighted by Crippen LogP contribution is 2.20. The third kappa shape index (κ3) is 2.31. The van der Waals surface area contributed by atoms with Crippen LogP contribution in [-0.4, -0.2) is 32.1 Å². The Morgan fingerprint density at radius 1 is 1.47 bits per heavy atom. The lowest BCUT2D eigenvalue weighted by molar-refractivity contribution is 0.0526. The molecule has 0 spiro atoms. The number of nitrogen functional groups attached to an aromatic ring is 1. The predicted molar refractivity (Wildman–Crippen MR) is 70.1 cm³/mol. The molecule has 0 atom stereocenters. The van der Waals surface area contributed by atoms with Crippen molar-refractivity contribution in [3.05, 3.63) is 23.7 Å². The van der Waals surface area contributed by atoms with Crippen LogP contribution in [-0.2, 0) is 11.3 Å². The van der Waals surface area contributed by atoms with Gasteiger partial charge < -0.3 is 10.5 Å². The molecular weight excluding hydrogens is 246 g/mol. The van der Waals surface area contributed by atoms with Crippen molar-refractivity contribution in [3.63, 3.8) is 0 Å². The van der Waals surface area contributed by atoms with Gasteiger partial charge >= 0.3 is 5.97 Å². The molecule has 0 unspecified atom stereocenters. The van der Waals surface area contributed by atoms with Gasteiger partial charge in [0, 0.05) is 12.7 Å². The van der Waals surface area contributed by atoms with E-state index in [1.54, 1.807) is 22.5 Å². The van der Waals surface area contributed by atoms with Crippen LogP contribution >= 0.6 is 0 Å². The molecular formula is C12H17N5O2. The maximum Gasteiger partial charge on any atom is 0.341 e. The van der Waals surface area contributed by atoms with Gasteiger partial charge in [0.25, 0.3) is 0 Å². The van der Waals surface area contributed by atoms with E-state index in [9.17, 15) is 4.79 Å². The molecule has 2 heterocycles. The molecule has 0 aliphatic rings. The van der Waals surface area contributed by atoms with Gasteiger partial charge in [0.15, 0.2) is 5.82 Å². The molecule has 19 heavy (non-hydrogen) atoms. The minimum absolute atomic E-state index is 0.332. The van der Waals surface area contributed by atoms with E-state index in [1.165, 1.54) is 6.20 Å². The number of nitrogens with zero attached hydrogens (tertiary/aromatic N) is 4. The highest BCUT2D eigenvalue weighted by molar-refractivity contribution is 5.88. The zero-order chi connectivity index (χ0) is 14.0. The fraction of sp³-hybridized carbons (Fsp3) is 0.417. The average molecular weight is 263 g/mol. The number of esters is 1. The second-order valence-corrected chi connectivity index (χ2v) is 4.03. The van der Waals surface area contributed by atoms with Crippen molar-refractivity contribution < 1.29 is 9.53 Å². The number of aryl methyl sites for hydroxylation is 2. The van der Waals surface area contributed by atoms with E-state index in [4.69, 9.17) is 10.5 Å². The second-order valence-electron chi connectivity index (χ2n) is 4.03. The summed E-state index contributed by atoms with van der Waals surface area (Å²) in [5.41, 5.74) is 7.68. The van der Waals surface area contributed by atoms with Crippen molar-refractivity contribution >= 4 is 11.7 Å². The monoisotopic (exact) mass is 263 g/mol. The van der Waals surface area contributed by atoms with E-state index in [0.29, 0.717) is 30.2 Å². The molecule has 7 heteroatoms. The van der Waals surface area contributed by atoms with Crippen LogP contribution in [0.2, 0.25) is 0 Å². The Labute approximate surface area is 111 Å². The number of carbonyl (C=O) groups excluding carboxylic acids is 1. The van der Waals surface area contributed by atoms with Gasteiger partial charge in [-0.25, -0.2) is 14.2 Å². The summed E-state index contributed by atoms with van der Waals surface area (Å²) in [6.45, 7) is 6.56. The molecule has 0 amide bonds. The van der Waals surface area contributed by atoms with Gasteiger partial charge in [-0.3, -0.25) is 0 Å². The van der Waals surface area contributed by atoms with Crippen LogP contribution < -0.4 is 5.73 Å². The van der Waals surface area contributed by atoms with Gasteiger partial charge in [-0.05, 0) is 20.8 Å². The number of nitrogens with two attached hydrogens (primary N) is 1. The molecule has 0 aromatic carbocycles. The van der Waals surface area contributed by atoms with Crippen LogP contribution in [0.5, 0.6) is 0 Å². The highest BCUT2D eigenvalue weighted by Gasteiger charge is 2.16. The largest absolute Gasteiger partial charge is 0.462 e. The summed E-state index contributed by atoms with van der Waals surface area (Å²) < 4.78 is 8.21. The fourth-order valence-electron chi connectivity index (χ4n) is 1.80. The first-order chi connectivity index (χ1) is 9.08. The lowest BCUT2D eigenvalue weighted by Gasteiger charge is -2.05. The molecule has 2 N–H and O–H groups in total. The zero-order valence-corrected chi connectivity index (χ0v) is 11.3. The Morgan fingerprint density at radius 2 is 2.21 bits per heavy atom. The first kappa shape index (κ1) is 13.1. The number of rotatable bonds is 4. The molecule has 0 saturated carbocycles. The maximum atomic E-state index is 11.6. The smallest absolute Gasteiger partial charge is 0.341 e. The normalized spacial score (nSPS) is 10.7. The molecule has 2 rings (SSSR count). The van der Waals surface area contributed by atoms with Crippen molar-refractivity contribution in [2.24, 2.45) is 0 Å². The molecule has 7 nitrogen and oxygen atoms in total. The summed E-state index contributed by atoms with van der Waals surface area (Å²) in [6, 6.07) is 0. The van der Waals surface area contributed by atoms with Gasteiger partial charge in [-0.2, -0.15) is 10.2 Å². The Morgan fingerprint density at radius 3 is 2.84 bits per heavy atom. The van der Waals surface area contributed by atoms with Crippen LogP contribution in [0.25, 0.3) is 5.82 Å². The van der Waals surface area contributed by atoms with Gasteiger partial charge in [-0.15, -0.1) is 0 Å². The summed E-state index contributed by atoms with van der Waals surface area (Å²) >= 11 is 0. The molecule has 0 radical (unpaired) electrons. The summed E-state index contributed by atoms with van der Waals surface area (Å²) in [6.07, 6.45) is 3.05. The lowest BCUT2D eigenvalue weighted by Crippen LogP contribution is -2.08. The van der Waals surface area contributed by atoms with E-state index < -0.39 is 5.97 Å². The highest BCUT2D eigenvalue weighted by atomic mass is 16.5. The quantitative estimate of drug-likeness (QED) is 0.836. The molecule has 0 aliphatic heterocycles. The Balaban J connectivity index is 2.40. The van der Waals surface area contributed by atoms with E-state index >= 15 is 0 Å². The summed E-state index contributed by atoms with van der Waals surface area (Å²) in [5.74, 6) is 0.266. The number of anilines is 1. The number of ether oxygens (including phenoxy) is 1. The predicted octanol–water partition coefficient (Wildman–Crippen LogP) is 1.16. The van der Waals surface area contributed by atoms with Gasteiger partial charge in [0.05, 0.1) is 29.7 Å². The van der Waals surface area contributed by atoms with Crippen LogP contribution in [0.4, 0.5) is 5.69 Å². The SMILES string of the molecule is CCOC(=O)c1cnn(-c2c(N)c(C)nn2CC)c1. The number of carbonyl (C=O) groups is 1. The van der Waals surface area contributed by atoms with Gasteiger partial charge in [0.1, 0.15) is 0 Å². The molecule has 0 bridgehead atoms. The Hall–Kier alpha value is -2.31.